The third kappa shape index (κ3) is 2.79. The molecule has 19 heavy (non-hydrogen) atoms. The molecule has 0 amide bonds. The first-order valence-electron chi connectivity index (χ1n) is 7.38. The van der Waals surface area contributed by atoms with Crippen LogP contribution in [0.3, 0.4) is 0 Å². The van der Waals surface area contributed by atoms with Crippen LogP contribution < -0.4 is 5.32 Å². The average molecular weight is 325 g/mol. The minimum Gasteiger partial charge on any atom is -0.312 e. The minimum atomic E-state index is 0.280. The summed E-state index contributed by atoms with van der Waals surface area (Å²) in [6.45, 7) is 1.86. The molecular weight excluding hydrogens is 304 g/mol. The highest BCUT2D eigenvalue weighted by Gasteiger charge is 2.24. The zero-order chi connectivity index (χ0) is 13.2. The Morgan fingerprint density at radius 2 is 2.16 bits per heavy atom. The number of nitrogens with one attached hydrogen (secondary N) is 1. The summed E-state index contributed by atoms with van der Waals surface area (Å²) in [5.41, 5.74) is 2.49. The molecule has 0 radical (unpaired) electrons. The molecular formula is C15H21BrN2O. The Labute approximate surface area is 122 Å². The van der Waals surface area contributed by atoms with Crippen molar-refractivity contribution in [2.24, 2.45) is 5.92 Å². The van der Waals surface area contributed by atoms with Crippen molar-refractivity contribution in [3.05, 3.63) is 21.9 Å². The summed E-state index contributed by atoms with van der Waals surface area (Å²) < 4.78 is 2.85. The maximum atomic E-state index is 12.6. The number of carbonyl (C=O) groups excluding carboxylic acids is 1. The van der Waals surface area contributed by atoms with Gasteiger partial charge in [-0.15, -0.1) is 0 Å². The van der Waals surface area contributed by atoms with E-state index in [0.717, 1.165) is 24.1 Å². The second-order valence-electron chi connectivity index (χ2n) is 5.80. The van der Waals surface area contributed by atoms with Gasteiger partial charge in [-0.3, -0.25) is 9.36 Å². The summed E-state index contributed by atoms with van der Waals surface area (Å²) in [6.07, 6.45) is 8.08. The molecule has 0 bridgehead atoms. The van der Waals surface area contributed by atoms with Crippen LogP contribution in [0.5, 0.6) is 0 Å². The lowest BCUT2D eigenvalue weighted by Crippen LogP contribution is -2.27. The van der Waals surface area contributed by atoms with Crippen LogP contribution in [0.2, 0.25) is 0 Å². The maximum Gasteiger partial charge on any atom is 0.231 e. The summed E-state index contributed by atoms with van der Waals surface area (Å²) >= 11 is 3.56. The second-order valence-corrected chi connectivity index (χ2v) is 6.62. The van der Waals surface area contributed by atoms with E-state index in [2.05, 4.69) is 27.3 Å². The van der Waals surface area contributed by atoms with Gasteiger partial charge in [-0.1, -0.05) is 19.3 Å². The third-order valence-corrected chi connectivity index (χ3v) is 5.02. The topological polar surface area (TPSA) is 34.0 Å². The van der Waals surface area contributed by atoms with E-state index in [1.165, 1.54) is 43.4 Å². The van der Waals surface area contributed by atoms with Gasteiger partial charge in [0.25, 0.3) is 0 Å². The molecule has 2 heterocycles. The van der Waals surface area contributed by atoms with E-state index in [9.17, 15) is 4.79 Å². The molecule has 0 aromatic carbocycles. The Bertz CT molecular complexity index is 475. The van der Waals surface area contributed by atoms with E-state index in [0.29, 0.717) is 12.3 Å². The lowest BCUT2D eigenvalue weighted by molar-refractivity contribution is 0.0862. The average Bonchev–Trinajstić information content (AvgIpc) is 2.75. The van der Waals surface area contributed by atoms with E-state index in [1.807, 2.05) is 4.57 Å². The van der Waals surface area contributed by atoms with Crippen molar-refractivity contribution in [1.82, 2.24) is 9.88 Å². The van der Waals surface area contributed by atoms with Gasteiger partial charge in [0.05, 0.1) is 4.60 Å². The van der Waals surface area contributed by atoms with Crippen molar-refractivity contribution >= 4 is 21.8 Å². The Morgan fingerprint density at radius 3 is 2.95 bits per heavy atom. The predicted molar refractivity (Wildman–Crippen MR) is 79.4 cm³/mol. The van der Waals surface area contributed by atoms with Gasteiger partial charge in [0.2, 0.25) is 5.91 Å². The first kappa shape index (κ1) is 13.4. The predicted octanol–water partition coefficient (Wildman–Crippen LogP) is 3.51. The molecule has 0 atom stereocenters. The molecule has 1 N–H and O–H groups in total. The first-order valence-corrected chi connectivity index (χ1v) is 8.18. The fraction of sp³-hybridized carbons (Fsp3) is 0.667. The fourth-order valence-electron chi connectivity index (χ4n) is 3.42. The number of carbonyl (C=O) groups is 1. The van der Waals surface area contributed by atoms with Crippen molar-refractivity contribution in [2.75, 3.05) is 6.54 Å². The summed E-state index contributed by atoms with van der Waals surface area (Å²) in [4.78, 5) is 12.6. The van der Waals surface area contributed by atoms with Crippen LogP contribution in [0, 0.1) is 5.92 Å². The molecule has 1 aliphatic carbocycles. The summed E-state index contributed by atoms with van der Waals surface area (Å²) in [5.74, 6) is 0.884. The van der Waals surface area contributed by atoms with Crippen molar-refractivity contribution in [2.45, 2.75) is 51.5 Å². The Balaban J connectivity index is 1.77. The number of nitrogens with zero attached hydrogens (tertiary/aromatic N) is 1. The fourth-order valence-corrected chi connectivity index (χ4v) is 4.11. The van der Waals surface area contributed by atoms with Crippen LogP contribution in [0.25, 0.3) is 0 Å². The molecule has 0 spiro atoms. The summed E-state index contributed by atoms with van der Waals surface area (Å²) in [7, 11) is 0. The van der Waals surface area contributed by atoms with Gasteiger partial charge in [-0.05, 0) is 46.3 Å². The van der Waals surface area contributed by atoms with Crippen LogP contribution in [-0.2, 0) is 13.0 Å². The Kier molecular flexibility index (Phi) is 4.08. The molecule has 3 rings (SSSR count). The smallest absolute Gasteiger partial charge is 0.231 e. The molecule has 1 aliphatic heterocycles. The summed E-state index contributed by atoms with van der Waals surface area (Å²) in [5, 5.41) is 3.36. The first-order chi connectivity index (χ1) is 9.25. The molecule has 1 saturated carbocycles. The number of hydrogen-bond donors (Lipinski definition) is 1. The van der Waals surface area contributed by atoms with Gasteiger partial charge in [0.1, 0.15) is 0 Å². The van der Waals surface area contributed by atoms with Crippen LogP contribution in [0.4, 0.5) is 0 Å². The van der Waals surface area contributed by atoms with Crippen LogP contribution in [0.15, 0.2) is 10.7 Å². The molecule has 104 valence electrons. The molecule has 1 aromatic heterocycles. The van der Waals surface area contributed by atoms with Crippen LogP contribution >= 0.6 is 15.9 Å². The SMILES string of the molecule is O=C(CC1CCCCC1)n1c(Br)cc2c1CCNC2. The van der Waals surface area contributed by atoms with Gasteiger partial charge in [0, 0.05) is 31.6 Å². The lowest BCUT2D eigenvalue weighted by Gasteiger charge is -2.22. The number of aromatic nitrogens is 1. The molecule has 1 fully saturated rings. The van der Waals surface area contributed by atoms with E-state index < -0.39 is 0 Å². The van der Waals surface area contributed by atoms with Gasteiger partial charge >= 0.3 is 0 Å². The van der Waals surface area contributed by atoms with E-state index in [4.69, 9.17) is 0 Å². The van der Waals surface area contributed by atoms with Gasteiger partial charge < -0.3 is 5.32 Å². The number of halogens is 1. The maximum absolute atomic E-state index is 12.6. The van der Waals surface area contributed by atoms with Crippen molar-refractivity contribution in [3.8, 4) is 0 Å². The van der Waals surface area contributed by atoms with E-state index in [-0.39, 0.29) is 5.91 Å². The highest BCUT2D eigenvalue weighted by atomic mass is 79.9. The monoisotopic (exact) mass is 324 g/mol. The molecule has 2 aliphatic rings. The molecule has 0 unspecified atom stereocenters. The Hall–Kier alpha value is -0.610. The van der Waals surface area contributed by atoms with Crippen LogP contribution in [0.1, 0.15) is 54.6 Å². The van der Waals surface area contributed by atoms with E-state index in [1.54, 1.807) is 0 Å². The van der Waals surface area contributed by atoms with Gasteiger partial charge in [-0.25, -0.2) is 0 Å². The van der Waals surface area contributed by atoms with Crippen molar-refractivity contribution < 1.29 is 4.79 Å². The number of fused-ring (bicyclic) bond motifs is 1. The zero-order valence-corrected chi connectivity index (χ0v) is 12.8. The third-order valence-electron chi connectivity index (χ3n) is 4.44. The minimum absolute atomic E-state index is 0.280. The second kappa shape index (κ2) is 5.80. The normalized spacial score (nSPS) is 20.3. The van der Waals surface area contributed by atoms with Crippen molar-refractivity contribution in [1.29, 1.82) is 0 Å². The quantitative estimate of drug-likeness (QED) is 0.903. The zero-order valence-electron chi connectivity index (χ0n) is 11.3. The van der Waals surface area contributed by atoms with Gasteiger partial charge in [-0.2, -0.15) is 0 Å². The number of rotatable bonds is 2. The number of hydrogen-bond acceptors (Lipinski definition) is 2. The van der Waals surface area contributed by atoms with E-state index >= 15 is 0 Å². The largest absolute Gasteiger partial charge is 0.312 e. The molecule has 0 saturated heterocycles. The highest BCUT2D eigenvalue weighted by molar-refractivity contribution is 9.10. The molecule has 1 aromatic rings. The van der Waals surface area contributed by atoms with Crippen molar-refractivity contribution in [3.63, 3.8) is 0 Å². The van der Waals surface area contributed by atoms with Gasteiger partial charge in [0.15, 0.2) is 0 Å². The molecule has 3 nitrogen and oxygen atoms in total. The standard InChI is InChI=1S/C15H21BrN2O/c16-14-9-12-10-17-7-6-13(12)18(14)15(19)8-11-4-2-1-3-5-11/h9,11,17H,1-8,10H2. The highest BCUT2D eigenvalue weighted by Crippen LogP contribution is 2.29. The lowest BCUT2D eigenvalue weighted by atomic mass is 9.87. The summed E-state index contributed by atoms with van der Waals surface area (Å²) in [6, 6.07) is 2.10. The Morgan fingerprint density at radius 1 is 1.37 bits per heavy atom. The molecule has 4 heteroatoms. The van der Waals surface area contributed by atoms with Crippen LogP contribution in [-0.4, -0.2) is 17.0 Å².